The third-order valence-corrected chi connectivity index (χ3v) is 4.15. The van der Waals surface area contributed by atoms with Gasteiger partial charge in [-0.05, 0) is 24.5 Å². The summed E-state index contributed by atoms with van der Waals surface area (Å²) in [5, 5.41) is 3.14. The molecule has 1 heterocycles. The van der Waals surface area contributed by atoms with Crippen molar-refractivity contribution < 1.29 is 9.47 Å². The first-order chi connectivity index (χ1) is 9.17. The third-order valence-electron chi connectivity index (χ3n) is 3.24. The molecule has 2 rings (SSSR count). The molecule has 2 aromatic rings. The van der Waals surface area contributed by atoms with Gasteiger partial charge < -0.3 is 9.47 Å². The average Bonchev–Trinajstić information content (AvgIpc) is 2.95. The summed E-state index contributed by atoms with van der Waals surface area (Å²) in [5.74, 6) is 2.07. The summed E-state index contributed by atoms with van der Waals surface area (Å²) in [6, 6.07) is 5.84. The molecule has 0 aliphatic rings. The molecule has 0 fully saturated rings. The number of rotatable bonds is 5. The lowest BCUT2D eigenvalue weighted by Gasteiger charge is -2.07. The number of hydrogen-bond donors (Lipinski definition) is 0. The monoisotopic (exact) mass is 277 g/mol. The van der Waals surface area contributed by atoms with Crippen molar-refractivity contribution in [3.63, 3.8) is 0 Å². The van der Waals surface area contributed by atoms with Gasteiger partial charge in [0.05, 0.1) is 19.9 Å². The van der Waals surface area contributed by atoms with Crippen molar-refractivity contribution >= 4 is 11.3 Å². The molecule has 1 atom stereocenters. The van der Waals surface area contributed by atoms with Crippen LogP contribution >= 0.6 is 11.3 Å². The van der Waals surface area contributed by atoms with Gasteiger partial charge in [0.15, 0.2) is 0 Å². The number of aromatic nitrogens is 1. The van der Waals surface area contributed by atoms with Gasteiger partial charge in [0.1, 0.15) is 16.5 Å². The Balaban J connectivity index is 2.37. The number of hydrogen-bond acceptors (Lipinski definition) is 4. The minimum absolute atomic E-state index is 0.498. The van der Waals surface area contributed by atoms with E-state index in [-0.39, 0.29) is 0 Å². The van der Waals surface area contributed by atoms with Crippen molar-refractivity contribution in [2.75, 3.05) is 14.2 Å². The fourth-order valence-electron chi connectivity index (χ4n) is 1.79. The predicted molar refractivity (Wildman–Crippen MR) is 79.4 cm³/mol. The fraction of sp³-hybridized carbons (Fsp3) is 0.400. The molecule has 0 N–H and O–H groups in total. The maximum atomic E-state index is 5.29. The van der Waals surface area contributed by atoms with Crippen molar-refractivity contribution in [1.29, 1.82) is 0 Å². The molecule has 0 aliphatic carbocycles. The van der Waals surface area contributed by atoms with Crippen LogP contribution in [0.5, 0.6) is 11.5 Å². The van der Waals surface area contributed by atoms with Crippen LogP contribution in [0.3, 0.4) is 0 Å². The molecule has 4 heteroatoms. The minimum Gasteiger partial charge on any atom is -0.497 e. The van der Waals surface area contributed by atoms with E-state index in [0.29, 0.717) is 5.92 Å². The van der Waals surface area contributed by atoms with E-state index in [1.54, 1.807) is 25.6 Å². The van der Waals surface area contributed by atoms with E-state index < -0.39 is 0 Å². The van der Waals surface area contributed by atoms with Crippen LogP contribution < -0.4 is 9.47 Å². The standard InChI is InChI=1S/C15H19NO2S/c1-5-10(2)14-9-19-15(16-14)11-6-12(17-3)8-13(7-11)18-4/h6-10H,5H2,1-4H3. The van der Waals surface area contributed by atoms with E-state index in [0.717, 1.165) is 34.2 Å². The van der Waals surface area contributed by atoms with E-state index in [1.807, 2.05) is 18.2 Å². The molecule has 1 aromatic heterocycles. The zero-order valence-corrected chi connectivity index (χ0v) is 12.6. The van der Waals surface area contributed by atoms with E-state index in [1.165, 1.54) is 0 Å². The maximum absolute atomic E-state index is 5.29. The van der Waals surface area contributed by atoms with Crippen molar-refractivity contribution in [3.05, 3.63) is 29.3 Å². The first-order valence-electron chi connectivity index (χ1n) is 6.36. The van der Waals surface area contributed by atoms with Crippen LogP contribution in [0.2, 0.25) is 0 Å². The molecule has 0 spiro atoms. The number of benzene rings is 1. The van der Waals surface area contributed by atoms with Gasteiger partial charge in [0.25, 0.3) is 0 Å². The number of nitrogens with zero attached hydrogens (tertiary/aromatic N) is 1. The highest BCUT2D eigenvalue weighted by atomic mass is 32.1. The van der Waals surface area contributed by atoms with Crippen LogP contribution in [0.15, 0.2) is 23.6 Å². The highest BCUT2D eigenvalue weighted by Crippen LogP contribution is 2.33. The lowest BCUT2D eigenvalue weighted by Crippen LogP contribution is -1.92. The average molecular weight is 277 g/mol. The highest BCUT2D eigenvalue weighted by Gasteiger charge is 2.11. The Hall–Kier alpha value is -1.55. The second-order valence-electron chi connectivity index (χ2n) is 4.49. The van der Waals surface area contributed by atoms with Crippen molar-refractivity contribution in [2.45, 2.75) is 26.2 Å². The Morgan fingerprint density at radius 1 is 1.16 bits per heavy atom. The molecule has 0 aliphatic heterocycles. The Morgan fingerprint density at radius 3 is 2.32 bits per heavy atom. The van der Waals surface area contributed by atoms with Gasteiger partial charge >= 0.3 is 0 Å². The van der Waals surface area contributed by atoms with E-state index in [2.05, 4.69) is 19.2 Å². The molecule has 0 amide bonds. The van der Waals surface area contributed by atoms with Gasteiger partial charge in [-0.3, -0.25) is 0 Å². The Bertz CT molecular complexity index is 529. The largest absolute Gasteiger partial charge is 0.497 e. The molecule has 3 nitrogen and oxygen atoms in total. The van der Waals surface area contributed by atoms with E-state index in [4.69, 9.17) is 14.5 Å². The summed E-state index contributed by atoms with van der Waals surface area (Å²) in [6.07, 6.45) is 1.10. The second-order valence-corrected chi connectivity index (χ2v) is 5.35. The van der Waals surface area contributed by atoms with Crippen molar-refractivity contribution in [1.82, 2.24) is 4.98 Å². The first kappa shape index (κ1) is 13.9. The fourth-order valence-corrected chi connectivity index (χ4v) is 2.71. The zero-order valence-electron chi connectivity index (χ0n) is 11.8. The van der Waals surface area contributed by atoms with Crippen LogP contribution in [-0.2, 0) is 0 Å². The van der Waals surface area contributed by atoms with Gasteiger partial charge in [0, 0.05) is 17.0 Å². The Kier molecular flexibility index (Phi) is 4.43. The van der Waals surface area contributed by atoms with E-state index in [9.17, 15) is 0 Å². The minimum atomic E-state index is 0.498. The molecule has 0 saturated heterocycles. The topological polar surface area (TPSA) is 31.4 Å². The van der Waals surface area contributed by atoms with Crippen LogP contribution in [-0.4, -0.2) is 19.2 Å². The SMILES string of the molecule is CCC(C)c1csc(-c2cc(OC)cc(OC)c2)n1. The lowest BCUT2D eigenvalue weighted by molar-refractivity contribution is 0.394. The number of methoxy groups -OCH3 is 2. The summed E-state index contributed by atoms with van der Waals surface area (Å²) in [4.78, 5) is 4.71. The van der Waals surface area contributed by atoms with Crippen molar-refractivity contribution in [2.24, 2.45) is 0 Å². The summed E-state index contributed by atoms with van der Waals surface area (Å²) < 4.78 is 10.6. The quantitative estimate of drug-likeness (QED) is 0.814. The second kappa shape index (κ2) is 6.06. The number of ether oxygens (including phenoxy) is 2. The molecule has 0 bridgehead atoms. The molecular weight excluding hydrogens is 258 g/mol. The highest BCUT2D eigenvalue weighted by molar-refractivity contribution is 7.13. The molecule has 1 unspecified atom stereocenters. The van der Waals surface area contributed by atoms with Crippen LogP contribution in [0.25, 0.3) is 10.6 Å². The van der Waals surface area contributed by atoms with Crippen LogP contribution in [0.4, 0.5) is 0 Å². The molecule has 102 valence electrons. The molecular formula is C15H19NO2S. The normalized spacial score (nSPS) is 12.2. The summed E-state index contributed by atoms with van der Waals surface area (Å²) in [6.45, 7) is 4.38. The van der Waals surface area contributed by atoms with Gasteiger partial charge in [-0.15, -0.1) is 11.3 Å². The molecule has 19 heavy (non-hydrogen) atoms. The summed E-state index contributed by atoms with van der Waals surface area (Å²) in [5.41, 5.74) is 2.19. The third kappa shape index (κ3) is 3.07. The Morgan fingerprint density at radius 2 is 1.79 bits per heavy atom. The molecule has 1 aromatic carbocycles. The summed E-state index contributed by atoms with van der Waals surface area (Å²) >= 11 is 1.66. The zero-order chi connectivity index (χ0) is 13.8. The van der Waals surface area contributed by atoms with E-state index >= 15 is 0 Å². The van der Waals surface area contributed by atoms with Crippen LogP contribution in [0, 0.1) is 0 Å². The van der Waals surface area contributed by atoms with Crippen molar-refractivity contribution in [3.8, 4) is 22.1 Å². The first-order valence-corrected chi connectivity index (χ1v) is 7.24. The summed E-state index contributed by atoms with van der Waals surface area (Å²) in [7, 11) is 3.32. The molecule has 0 saturated carbocycles. The maximum Gasteiger partial charge on any atom is 0.123 e. The van der Waals surface area contributed by atoms with Gasteiger partial charge in [-0.2, -0.15) is 0 Å². The van der Waals surface area contributed by atoms with Gasteiger partial charge in [-0.25, -0.2) is 4.98 Å². The number of thiazole rings is 1. The van der Waals surface area contributed by atoms with Crippen LogP contribution in [0.1, 0.15) is 31.9 Å². The Labute approximate surface area is 118 Å². The lowest BCUT2D eigenvalue weighted by atomic mass is 10.1. The smallest absolute Gasteiger partial charge is 0.123 e. The molecule has 0 radical (unpaired) electrons. The predicted octanol–water partition coefficient (Wildman–Crippen LogP) is 4.34. The van der Waals surface area contributed by atoms with Gasteiger partial charge in [0.2, 0.25) is 0 Å². The van der Waals surface area contributed by atoms with Gasteiger partial charge in [-0.1, -0.05) is 13.8 Å².